The molecular weight excluding hydrogens is 246 g/mol. The molecule has 102 valence electrons. The molecule has 0 spiro atoms. The second-order valence-electron chi connectivity index (χ2n) is 4.96. The summed E-state index contributed by atoms with van der Waals surface area (Å²) in [7, 11) is 0. The molecule has 1 aromatic rings. The van der Waals surface area contributed by atoms with E-state index in [1.54, 1.807) is 0 Å². The molecule has 0 unspecified atom stereocenters. The predicted molar refractivity (Wildman–Crippen MR) is 68.6 cm³/mol. The number of carbonyl (C=O) groups excluding carboxylic acids is 1. The molecule has 0 aliphatic carbocycles. The number of carboxylic acids is 1. The maximum atomic E-state index is 12.1. The molecule has 5 nitrogen and oxygen atoms in total. The topological polar surface area (TPSA) is 77.8 Å². The van der Waals surface area contributed by atoms with Crippen LogP contribution in [0.2, 0.25) is 0 Å². The number of aliphatic carboxylic acids is 1. The van der Waals surface area contributed by atoms with Gasteiger partial charge in [-0.3, -0.25) is 4.79 Å². The van der Waals surface area contributed by atoms with Crippen LogP contribution in [-0.4, -0.2) is 45.7 Å². The third-order valence-electron chi connectivity index (χ3n) is 3.32. The number of amides is 1. The summed E-state index contributed by atoms with van der Waals surface area (Å²) in [5, 5.41) is 18.6. The number of β-amino-alcohol motifs (C(OH)–C–C–N with tert-alkyl or cyclic N) is 1. The number of carbonyl (C=O) groups is 2. The van der Waals surface area contributed by atoms with Gasteiger partial charge in [0, 0.05) is 13.0 Å². The molecule has 1 aliphatic heterocycles. The highest BCUT2D eigenvalue weighted by Gasteiger charge is 2.38. The quantitative estimate of drug-likeness (QED) is 0.836. The van der Waals surface area contributed by atoms with Gasteiger partial charge in [-0.25, -0.2) is 4.79 Å². The first kappa shape index (κ1) is 13.5. The molecular formula is C14H17NO4. The van der Waals surface area contributed by atoms with Gasteiger partial charge in [-0.05, 0) is 12.5 Å². The normalized spacial score (nSPS) is 22.5. The van der Waals surface area contributed by atoms with Gasteiger partial charge < -0.3 is 15.1 Å². The summed E-state index contributed by atoms with van der Waals surface area (Å²) in [6.45, 7) is 2.04. The number of rotatable bonds is 3. The van der Waals surface area contributed by atoms with Crippen LogP contribution in [0, 0.1) is 6.92 Å². The maximum absolute atomic E-state index is 12.1. The third-order valence-corrected chi connectivity index (χ3v) is 3.32. The van der Waals surface area contributed by atoms with E-state index < -0.39 is 18.1 Å². The van der Waals surface area contributed by atoms with E-state index in [0.717, 1.165) is 11.1 Å². The van der Waals surface area contributed by atoms with Gasteiger partial charge in [0.2, 0.25) is 5.91 Å². The SMILES string of the molecule is Cc1cccc(CC(=O)N2C[C@H](O)C[C@H]2C(=O)O)c1. The van der Waals surface area contributed by atoms with Crippen molar-refractivity contribution in [2.75, 3.05) is 6.54 Å². The lowest BCUT2D eigenvalue weighted by molar-refractivity contribution is -0.148. The van der Waals surface area contributed by atoms with Crippen molar-refractivity contribution in [1.82, 2.24) is 4.90 Å². The first-order valence-corrected chi connectivity index (χ1v) is 6.23. The number of carboxylic acid groups (broad SMARTS) is 1. The minimum Gasteiger partial charge on any atom is -0.480 e. The lowest BCUT2D eigenvalue weighted by atomic mass is 10.1. The van der Waals surface area contributed by atoms with E-state index in [1.807, 2.05) is 31.2 Å². The fraction of sp³-hybridized carbons (Fsp3) is 0.429. The Morgan fingerprint density at radius 1 is 1.42 bits per heavy atom. The molecule has 2 atom stereocenters. The van der Waals surface area contributed by atoms with Crippen LogP contribution in [0.5, 0.6) is 0 Å². The maximum Gasteiger partial charge on any atom is 0.326 e. The summed E-state index contributed by atoms with van der Waals surface area (Å²) in [4.78, 5) is 24.5. The van der Waals surface area contributed by atoms with Crippen LogP contribution in [0.15, 0.2) is 24.3 Å². The molecule has 1 aliphatic rings. The van der Waals surface area contributed by atoms with Crippen LogP contribution < -0.4 is 0 Å². The van der Waals surface area contributed by atoms with E-state index in [2.05, 4.69) is 0 Å². The molecule has 0 radical (unpaired) electrons. The highest BCUT2D eigenvalue weighted by Crippen LogP contribution is 2.19. The van der Waals surface area contributed by atoms with Crippen molar-refractivity contribution in [2.24, 2.45) is 0 Å². The minimum absolute atomic E-state index is 0.0988. The van der Waals surface area contributed by atoms with Crippen molar-refractivity contribution in [3.63, 3.8) is 0 Å². The standard InChI is InChI=1S/C14H17NO4/c1-9-3-2-4-10(5-9)6-13(17)15-8-11(16)7-12(15)14(18)19/h2-5,11-12,16H,6-8H2,1H3,(H,18,19)/t11-,12+/m1/s1. The zero-order valence-electron chi connectivity index (χ0n) is 10.7. The summed E-state index contributed by atoms with van der Waals surface area (Å²) in [6, 6.07) is 6.64. The Bertz CT molecular complexity index is 500. The molecule has 0 bridgehead atoms. The van der Waals surface area contributed by atoms with Gasteiger partial charge in [0.05, 0.1) is 12.5 Å². The molecule has 1 heterocycles. The Labute approximate surface area is 111 Å². The number of nitrogens with zero attached hydrogens (tertiary/aromatic N) is 1. The summed E-state index contributed by atoms with van der Waals surface area (Å²) >= 11 is 0. The van der Waals surface area contributed by atoms with E-state index in [-0.39, 0.29) is 25.3 Å². The van der Waals surface area contributed by atoms with Crippen LogP contribution >= 0.6 is 0 Å². The fourth-order valence-electron chi connectivity index (χ4n) is 2.42. The molecule has 0 saturated carbocycles. The average Bonchev–Trinajstić information content (AvgIpc) is 2.71. The highest BCUT2D eigenvalue weighted by molar-refractivity contribution is 5.85. The molecule has 1 fully saturated rings. The van der Waals surface area contributed by atoms with Crippen LogP contribution in [0.25, 0.3) is 0 Å². The van der Waals surface area contributed by atoms with Crippen molar-refractivity contribution >= 4 is 11.9 Å². The Morgan fingerprint density at radius 2 is 2.16 bits per heavy atom. The summed E-state index contributed by atoms with van der Waals surface area (Å²) in [5.41, 5.74) is 1.91. The van der Waals surface area contributed by atoms with Gasteiger partial charge in [-0.1, -0.05) is 29.8 Å². The number of aryl methyl sites for hydroxylation is 1. The molecule has 2 N–H and O–H groups in total. The number of likely N-dealkylation sites (tertiary alicyclic amines) is 1. The number of hydrogen-bond acceptors (Lipinski definition) is 3. The summed E-state index contributed by atoms with van der Waals surface area (Å²) in [6.07, 6.45) is -0.477. The number of hydrogen-bond donors (Lipinski definition) is 2. The third kappa shape index (κ3) is 3.12. The lowest BCUT2D eigenvalue weighted by Crippen LogP contribution is -2.41. The first-order valence-electron chi connectivity index (χ1n) is 6.23. The number of aliphatic hydroxyl groups excluding tert-OH is 1. The van der Waals surface area contributed by atoms with E-state index in [9.17, 15) is 14.7 Å². The Kier molecular flexibility index (Phi) is 3.85. The van der Waals surface area contributed by atoms with E-state index in [4.69, 9.17) is 5.11 Å². The van der Waals surface area contributed by atoms with E-state index in [0.29, 0.717) is 0 Å². The molecule has 1 saturated heterocycles. The van der Waals surface area contributed by atoms with E-state index in [1.165, 1.54) is 4.90 Å². The molecule has 2 rings (SSSR count). The van der Waals surface area contributed by atoms with Gasteiger partial charge in [-0.15, -0.1) is 0 Å². The van der Waals surface area contributed by atoms with Crippen molar-refractivity contribution < 1.29 is 19.8 Å². The first-order chi connectivity index (χ1) is 8.97. The van der Waals surface area contributed by atoms with Crippen LogP contribution in [0.3, 0.4) is 0 Å². The van der Waals surface area contributed by atoms with Crippen molar-refractivity contribution in [3.05, 3.63) is 35.4 Å². The molecule has 0 aromatic heterocycles. The second-order valence-corrected chi connectivity index (χ2v) is 4.96. The highest BCUT2D eigenvalue weighted by atomic mass is 16.4. The molecule has 19 heavy (non-hydrogen) atoms. The smallest absolute Gasteiger partial charge is 0.326 e. The number of benzene rings is 1. The zero-order valence-corrected chi connectivity index (χ0v) is 10.7. The fourth-order valence-corrected chi connectivity index (χ4v) is 2.42. The average molecular weight is 263 g/mol. The molecule has 1 amide bonds. The molecule has 1 aromatic carbocycles. The lowest BCUT2D eigenvalue weighted by Gasteiger charge is -2.21. The summed E-state index contributed by atoms with van der Waals surface area (Å²) in [5.74, 6) is -1.32. The number of aliphatic hydroxyl groups is 1. The van der Waals surface area contributed by atoms with Crippen LogP contribution in [-0.2, 0) is 16.0 Å². The van der Waals surface area contributed by atoms with Crippen molar-refractivity contribution in [2.45, 2.75) is 31.9 Å². The minimum atomic E-state index is -1.06. The van der Waals surface area contributed by atoms with Crippen molar-refractivity contribution in [3.8, 4) is 0 Å². The molecule has 5 heteroatoms. The predicted octanol–water partition coefficient (Wildman–Crippen LogP) is 0.584. The Morgan fingerprint density at radius 3 is 2.79 bits per heavy atom. The van der Waals surface area contributed by atoms with Gasteiger partial charge >= 0.3 is 5.97 Å². The van der Waals surface area contributed by atoms with Gasteiger partial charge in [0.25, 0.3) is 0 Å². The van der Waals surface area contributed by atoms with Gasteiger partial charge in [-0.2, -0.15) is 0 Å². The largest absolute Gasteiger partial charge is 0.480 e. The zero-order chi connectivity index (χ0) is 14.0. The van der Waals surface area contributed by atoms with Crippen molar-refractivity contribution in [1.29, 1.82) is 0 Å². The van der Waals surface area contributed by atoms with Crippen LogP contribution in [0.1, 0.15) is 17.5 Å². The monoisotopic (exact) mass is 263 g/mol. The van der Waals surface area contributed by atoms with Gasteiger partial charge in [0.15, 0.2) is 0 Å². The Balaban J connectivity index is 2.09. The second kappa shape index (κ2) is 5.40. The Hall–Kier alpha value is -1.88. The van der Waals surface area contributed by atoms with E-state index >= 15 is 0 Å². The van der Waals surface area contributed by atoms with Crippen LogP contribution in [0.4, 0.5) is 0 Å². The summed E-state index contributed by atoms with van der Waals surface area (Å²) < 4.78 is 0. The van der Waals surface area contributed by atoms with Gasteiger partial charge in [0.1, 0.15) is 6.04 Å².